The molecule has 0 bridgehead atoms. The van der Waals surface area contributed by atoms with Crippen LogP contribution in [-0.4, -0.2) is 25.7 Å². The number of nitrogens with one attached hydrogen (secondary N) is 1. The van der Waals surface area contributed by atoms with Gasteiger partial charge < -0.3 is 14.8 Å². The Morgan fingerprint density at radius 3 is 2.52 bits per heavy atom. The highest BCUT2D eigenvalue weighted by atomic mass is 35.5. The van der Waals surface area contributed by atoms with Gasteiger partial charge in [-0.15, -0.1) is 23.7 Å². The quantitative estimate of drug-likeness (QED) is 0.857. The van der Waals surface area contributed by atoms with E-state index in [4.69, 9.17) is 9.47 Å². The zero-order valence-electron chi connectivity index (χ0n) is 12.7. The lowest BCUT2D eigenvalue weighted by atomic mass is 10.1. The molecule has 0 unspecified atom stereocenters. The number of benzene rings is 1. The first-order valence-corrected chi connectivity index (χ1v) is 7.43. The van der Waals surface area contributed by atoms with Gasteiger partial charge >= 0.3 is 0 Å². The van der Waals surface area contributed by atoms with Gasteiger partial charge in [0.1, 0.15) is 0 Å². The first-order valence-electron chi connectivity index (χ1n) is 6.55. The summed E-state index contributed by atoms with van der Waals surface area (Å²) in [5, 5.41) is 6.33. The third-order valence-corrected chi connectivity index (χ3v) is 3.65. The lowest BCUT2D eigenvalue weighted by Gasteiger charge is -2.08. The predicted octanol–water partition coefficient (Wildman–Crippen LogP) is 4.32. The van der Waals surface area contributed by atoms with Gasteiger partial charge in [-0.3, -0.25) is 0 Å². The van der Waals surface area contributed by atoms with Crippen LogP contribution in [0, 0.1) is 5.92 Å². The molecule has 1 heterocycles. The maximum atomic E-state index is 5.32. The fourth-order valence-corrected chi connectivity index (χ4v) is 2.50. The summed E-state index contributed by atoms with van der Waals surface area (Å²) >= 11 is 1.62. The number of thiazole rings is 1. The van der Waals surface area contributed by atoms with Crippen molar-refractivity contribution < 1.29 is 9.47 Å². The van der Waals surface area contributed by atoms with Crippen molar-refractivity contribution >= 4 is 28.9 Å². The second-order valence-corrected chi connectivity index (χ2v) is 5.74. The molecule has 2 aromatic rings. The van der Waals surface area contributed by atoms with Crippen molar-refractivity contribution in [3.63, 3.8) is 0 Å². The van der Waals surface area contributed by atoms with E-state index in [9.17, 15) is 0 Å². The maximum absolute atomic E-state index is 5.32. The van der Waals surface area contributed by atoms with Crippen LogP contribution >= 0.6 is 23.7 Å². The van der Waals surface area contributed by atoms with E-state index >= 15 is 0 Å². The normalized spacial score (nSPS) is 10.1. The van der Waals surface area contributed by atoms with Crippen LogP contribution in [0.2, 0.25) is 0 Å². The fraction of sp³-hybridized carbons (Fsp3) is 0.400. The van der Waals surface area contributed by atoms with Gasteiger partial charge in [-0.1, -0.05) is 13.8 Å². The Morgan fingerprint density at radius 1 is 1.19 bits per heavy atom. The standard InChI is InChI=1S/C15H20N2O2S.ClH/c1-10(2)8-16-15-17-12(9-20-15)11-5-6-13(18-3)14(7-11)19-4;/h5-7,9-10H,8H2,1-4H3,(H,16,17);1H. The molecule has 1 N–H and O–H groups in total. The van der Waals surface area contributed by atoms with E-state index in [2.05, 4.69) is 24.1 Å². The zero-order chi connectivity index (χ0) is 14.5. The number of halogens is 1. The second kappa shape index (κ2) is 8.10. The van der Waals surface area contributed by atoms with E-state index in [1.165, 1.54) is 0 Å². The van der Waals surface area contributed by atoms with E-state index in [1.54, 1.807) is 25.6 Å². The largest absolute Gasteiger partial charge is 0.493 e. The molecule has 0 atom stereocenters. The highest BCUT2D eigenvalue weighted by Crippen LogP contribution is 2.33. The lowest BCUT2D eigenvalue weighted by molar-refractivity contribution is 0.355. The summed E-state index contributed by atoms with van der Waals surface area (Å²) in [6.07, 6.45) is 0. The van der Waals surface area contributed by atoms with Crippen molar-refractivity contribution in [2.24, 2.45) is 5.92 Å². The van der Waals surface area contributed by atoms with Crippen LogP contribution in [0.4, 0.5) is 5.13 Å². The van der Waals surface area contributed by atoms with E-state index in [1.807, 2.05) is 23.6 Å². The molecule has 0 aliphatic carbocycles. The highest BCUT2D eigenvalue weighted by molar-refractivity contribution is 7.14. The first-order chi connectivity index (χ1) is 9.63. The molecule has 0 spiro atoms. The summed E-state index contributed by atoms with van der Waals surface area (Å²) < 4.78 is 10.6. The van der Waals surface area contributed by atoms with Crippen molar-refractivity contribution in [3.05, 3.63) is 23.6 Å². The lowest BCUT2D eigenvalue weighted by Crippen LogP contribution is -2.07. The molecular weight excluding hydrogens is 308 g/mol. The third-order valence-electron chi connectivity index (χ3n) is 2.85. The van der Waals surface area contributed by atoms with Crippen molar-refractivity contribution in [2.75, 3.05) is 26.1 Å². The summed E-state index contributed by atoms with van der Waals surface area (Å²) in [5.41, 5.74) is 1.97. The van der Waals surface area contributed by atoms with Gasteiger partial charge in [0.15, 0.2) is 16.6 Å². The van der Waals surface area contributed by atoms with E-state index in [0.29, 0.717) is 5.92 Å². The van der Waals surface area contributed by atoms with Gasteiger partial charge in [-0.25, -0.2) is 4.98 Å². The highest BCUT2D eigenvalue weighted by Gasteiger charge is 2.09. The molecular formula is C15H21ClN2O2S. The van der Waals surface area contributed by atoms with E-state index < -0.39 is 0 Å². The summed E-state index contributed by atoms with van der Waals surface area (Å²) in [7, 11) is 3.27. The monoisotopic (exact) mass is 328 g/mol. The molecule has 116 valence electrons. The first kappa shape index (κ1) is 17.6. The van der Waals surface area contributed by atoms with Crippen LogP contribution in [0.1, 0.15) is 13.8 Å². The molecule has 0 saturated carbocycles. The Labute approximate surface area is 135 Å². The van der Waals surface area contributed by atoms with Gasteiger partial charge in [-0.2, -0.15) is 0 Å². The van der Waals surface area contributed by atoms with Gasteiger partial charge in [0, 0.05) is 17.5 Å². The minimum atomic E-state index is 0. The van der Waals surface area contributed by atoms with Crippen LogP contribution < -0.4 is 14.8 Å². The Morgan fingerprint density at radius 2 is 1.90 bits per heavy atom. The van der Waals surface area contributed by atoms with Crippen LogP contribution in [0.25, 0.3) is 11.3 Å². The summed E-state index contributed by atoms with van der Waals surface area (Å²) in [6.45, 7) is 5.28. The van der Waals surface area contributed by atoms with Gasteiger partial charge in [0.05, 0.1) is 19.9 Å². The third kappa shape index (κ3) is 4.51. The molecule has 21 heavy (non-hydrogen) atoms. The molecule has 0 amide bonds. The molecule has 0 saturated heterocycles. The molecule has 6 heteroatoms. The smallest absolute Gasteiger partial charge is 0.183 e. The average molecular weight is 329 g/mol. The van der Waals surface area contributed by atoms with Gasteiger partial charge in [-0.05, 0) is 24.1 Å². The topological polar surface area (TPSA) is 43.4 Å². The fourth-order valence-electron chi connectivity index (χ4n) is 1.77. The Balaban J connectivity index is 0.00000220. The van der Waals surface area contributed by atoms with Crippen LogP contribution in [-0.2, 0) is 0 Å². The van der Waals surface area contributed by atoms with Gasteiger partial charge in [0.2, 0.25) is 0 Å². The number of aromatic nitrogens is 1. The van der Waals surface area contributed by atoms with Crippen molar-refractivity contribution in [2.45, 2.75) is 13.8 Å². The number of ether oxygens (including phenoxy) is 2. The van der Waals surface area contributed by atoms with Crippen molar-refractivity contribution in [1.82, 2.24) is 4.98 Å². The maximum Gasteiger partial charge on any atom is 0.183 e. The molecule has 0 aliphatic rings. The Bertz CT molecular complexity index is 573. The SMILES string of the molecule is COc1ccc(-c2csc(NCC(C)C)n2)cc1OC.Cl. The number of methoxy groups -OCH3 is 2. The molecule has 0 radical (unpaired) electrons. The number of hydrogen-bond acceptors (Lipinski definition) is 5. The van der Waals surface area contributed by atoms with Crippen molar-refractivity contribution in [1.29, 1.82) is 0 Å². The molecule has 1 aromatic heterocycles. The number of rotatable bonds is 6. The molecule has 4 nitrogen and oxygen atoms in total. The molecule has 2 rings (SSSR count). The predicted molar refractivity (Wildman–Crippen MR) is 91.2 cm³/mol. The Kier molecular flexibility index (Phi) is 6.78. The number of hydrogen-bond donors (Lipinski definition) is 1. The molecule has 0 aliphatic heterocycles. The second-order valence-electron chi connectivity index (χ2n) is 4.88. The van der Waals surface area contributed by atoms with Crippen LogP contribution in [0.15, 0.2) is 23.6 Å². The molecule has 1 aromatic carbocycles. The average Bonchev–Trinajstić information content (AvgIpc) is 2.93. The Hall–Kier alpha value is -1.46. The molecule has 0 fully saturated rings. The van der Waals surface area contributed by atoms with Crippen LogP contribution in [0.3, 0.4) is 0 Å². The van der Waals surface area contributed by atoms with Gasteiger partial charge in [0.25, 0.3) is 0 Å². The summed E-state index contributed by atoms with van der Waals surface area (Å²) in [5.74, 6) is 2.04. The summed E-state index contributed by atoms with van der Waals surface area (Å²) in [6, 6.07) is 5.83. The number of anilines is 1. The minimum Gasteiger partial charge on any atom is -0.493 e. The van der Waals surface area contributed by atoms with E-state index in [-0.39, 0.29) is 12.4 Å². The van der Waals surface area contributed by atoms with Crippen molar-refractivity contribution in [3.8, 4) is 22.8 Å². The number of nitrogens with zero attached hydrogens (tertiary/aromatic N) is 1. The van der Waals surface area contributed by atoms with E-state index in [0.717, 1.165) is 34.4 Å². The zero-order valence-corrected chi connectivity index (χ0v) is 14.3. The summed E-state index contributed by atoms with van der Waals surface area (Å²) in [4.78, 5) is 4.59. The van der Waals surface area contributed by atoms with Crippen LogP contribution in [0.5, 0.6) is 11.5 Å². The minimum absolute atomic E-state index is 0.